The Balaban J connectivity index is 3.32. The second-order valence-corrected chi connectivity index (χ2v) is 1.65. The largest absolute Gasteiger partial charge is 0.263 e. The van der Waals surface area contributed by atoms with E-state index in [0.717, 1.165) is 0 Å². The van der Waals surface area contributed by atoms with Gasteiger partial charge in [0.2, 0.25) is 0 Å². The second-order valence-electron chi connectivity index (χ2n) is 1.23. The Morgan fingerprint density at radius 2 is 2.12 bits per heavy atom. The van der Waals surface area contributed by atoms with Crippen molar-refractivity contribution in [3.8, 4) is 0 Å². The lowest BCUT2D eigenvalue weighted by Crippen LogP contribution is -1.56. The molecule has 1 aromatic rings. The topological polar surface area (TPSA) is 25.8 Å². The van der Waals surface area contributed by atoms with E-state index in [1.54, 1.807) is 24.7 Å². The smallest absolute Gasteiger partial charge is 0.127 e. The molecule has 1 rings (SSSR count). The molecule has 0 aromatic carbocycles. The van der Waals surface area contributed by atoms with Gasteiger partial charge in [0.1, 0.15) is 4.64 Å². The molecule has 0 amide bonds. The molecule has 8 heavy (non-hydrogen) atoms. The van der Waals surface area contributed by atoms with Crippen molar-refractivity contribution < 1.29 is 0 Å². The maximum absolute atomic E-state index is 4.73. The highest BCUT2D eigenvalue weighted by Gasteiger charge is 1.67. The van der Waals surface area contributed by atoms with E-state index in [2.05, 4.69) is 9.97 Å². The number of aromatic nitrogens is 2. The van der Waals surface area contributed by atoms with Crippen molar-refractivity contribution in [3.63, 3.8) is 0 Å². The third-order valence-electron chi connectivity index (χ3n) is 0.658. The van der Waals surface area contributed by atoms with Gasteiger partial charge < -0.3 is 0 Å². The van der Waals surface area contributed by atoms with Gasteiger partial charge in [0.05, 0.1) is 0 Å². The number of hydrogen-bond donors (Lipinski definition) is 0. The van der Waals surface area contributed by atoms with Crippen LogP contribution < -0.4 is 0 Å². The van der Waals surface area contributed by atoms with Crippen LogP contribution in [0.25, 0.3) is 0 Å². The van der Waals surface area contributed by atoms with E-state index in [1.807, 2.05) is 0 Å². The molecule has 1 heterocycles. The Morgan fingerprint density at radius 1 is 1.25 bits per heavy atom. The van der Waals surface area contributed by atoms with Crippen LogP contribution >= 0.6 is 12.2 Å². The number of rotatable bonds is 0. The van der Waals surface area contributed by atoms with Crippen LogP contribution in [0.1, 0.15) is 0 Å². The average molecular weight is 124 g/mol. The van der Waals surface area contributed by atoms with E-state index >= 15 is 0 Å². The molecule has 0 fully saturated rings. The Morgan fingerprint density at radius 3 is 3.00 bits per heavy atom. The fourth-order valence-electron chi connectivity index (χ4n) is 0.345. The van der Waals surface area contributed by atoms with Crippen molar-refractivity contribution in [2.75, 3.05) is 0 Å². The Hall–Kier alpha value is -0.830. The second kappa shape index (κ2) is 2.47. The van der Waals surface area contributed by atoms with E-state index in [9.17, 15) is 0 Å². The van der Waals surface area contributed by atoms with E-state index in [1.165, 1.54) is 0 Å². The fourth-order valence-corrected chi connectivity index (χ4v) is 0.467. The first-order valence-electron chi connectivity index (χ1n) is 2.16. The van der Waals surface area contributed by atoms with Crippen molar-refractivity contribution in [2.24, 2.45) is 0 Å². The van der Waals surface area contributed by atoms with Gasteiger partial charge in [-0.3, -0.25) is 4.98 Å². The normalized spacial score (nSPS) is 8.50. The van der Waals surface area contributed by atoms with Gasteiger partial charge in [-0.05, 0) is 6.07 Å². The average Bonchev–Trinajstić information content (AvgIpc) is 1.94. The molecule has 0 aliphatic heterocycles. The van der Waals surface area contributed by atoms with Crippen molar-refractivity contribution in [3.05, 3.63) is 29.3 Å². The summed E-state index contributed by atoms with van der Waals surface area (Å²) >= 11 is 4.73. The molecule has 0 atom stereocenters. The summed E-state index contributed by atoms with van der Waals surface area (Å²) in [5.41, 5.74) is 0. The minimum atomic E-state index is 0.572. The molecule has 0 radical (unpaired) electrons. The maximum atomic E-state index is 4.73. The lowest BCUT2D eigenvalue weighted by molar-refractivity contribution is 1.31. The summed E-state index contributed by atoms with van der Waals surface area (Å²) < 4.78 is 0.572. The van der Waals surface area contributed by atoms with Crippen LogP contribution in [-0.4, -0.2) is 9.97 Å². The zero-order valence-corrected chi connectivity index (χ0v) is 4.93. The molecular weight excluding hydrogens is 120 g/mol. The van der Waals surface area contributed by atoms with Crippen LogP contribution in [0.3, 0.4) is 0 Å². The molecule has 40 valence electrons. The third-order valence-corrected chi connectivity index (χ3v) is 0.899. The molecule has 0 unspecified atom stereocenters. The van der Waals surface area contributed by atoms with Gasteiger partial charge in [0.15, 0.2) is 0 Å². The summed E-state index contributed by atoms with van der Waals surface area (Å²) in [5.74, 6) is 0. The predicted molar refractivity (Wildman–Crippen MR) is 32.9 cm³/mol. The molecule has 0 spiro atoms. The molecule has 0 bridgehead atoms. The highest BCUT2D eigenvalue weighted by Crippen LogP contribution is 1.76. The zero-order chi connectivity index (χ0) is 5.82. The monoisotopic (exact) mass is 124 g/mol. The van der Waals surface area contributed by atoms with Gasteiger partial charge in [0.25, 0.3) is 0 Å². The van der Waals surface area contributed by atoms with E-state index < -0.39 is 0 Å². The Labute approximate surface area is 52.2 Å². The molecule has 3 heteroatoms. The Kier molecular flexibility index (Phi) is 1.64. The molecule has 0 N–H and O–H groups in total. The van der Waals surface area contributed by atoms with Gasteiger partial charge in [-0.1, -0.05) is 12.2 Å². The fraction of sp³-hybridized carbons (Fsp3) is 0. The van der Waals surface area contributed by atoms with Gasteiger partial charge in [-0.25, -0.2) is 4.98 Å². The van der Waals surface area contributed by atoms with Crippen molar-refractivity contribution in [1.29, 1.82) is 0 Å². The summed E-state index contributed by atoms with van der Waals surface area (Å²) in [5, 5.41) is 0. The summed E-state index contributed by atoms with van der Waals surface area (Å²) in [6, 6.07) is 1.68. The van der Waals surface area contributed by atoms with Crippen molar-refractivity contribution in [2.45, 2.75) is 0 Å². The van der Waals surface area contributed by atoms with E-state index in [-0.39, 0.29) is 0 Å². The predicted octanol–water partition coefficient (Wildman–Crippen LogP) is 1.21. The first-order chi connectivity index (χ1) is 3.89. The van der Waals surface area contributed by atoms with Crippen LogP contribution in [-0.2, 0) is 0 Å². The SMILES string of the molecule is S=c1ccnccn1. The molecule has 1 aromatic heterocycles. The van der Waals surface area contributed by atoms with Crippen LogP contribution in [0, 0.1) is 4.64 Å². The maximum Gasteiger partial charge on any atom is 0.127 e. The van der Waals surface area contributed by atoms with Crippen LogP contribution in [0.4, 0.5) is 0 Å². The summed E-state index contributed by atoms with van der Waals surface area (Å²) in [6.07, 6.45) is 4.79. The van der Waals surface area contributed by atoms with Crippen molar-refractivity contribution in [1.82, 2.24) is 9.97 Å². The lowest BCUT2D eigenvalue weighted by Gasteiger charge is -1.59. The standard InChI is InChI=1S/C5H4N2S/c8-5-1-2-6-3-4-7-5/h1-4H. The molecule has 0 saturated heterocycles. The lowest BCUT2D eigenvalue weighted by atomic mass is 10.7. The quantitative estimate of drug-likeness (QED) is 0.486. The highest BCUT2D eigenvalue weighted by atomic mass is 32.1. The van der Waals surface area contributed by atoms with Gasteiger partial charge in [-0.15, -0.1) is 0 Å². The third kappa shape index (κ3) is 1.35. The Bertz CT molecular complexity index is 201. The van der Waals surface area contributed by atoms with E-state index in [0.29, 0.717) is 4.64 Å². The summed E-state index contributed by atoms with van der Waals surface area (Å²) in [6.45, 7) is 0. The van der Waals surface area contributed by atoms with Gasteiger partial charge >= 0.3 is 0 Å². The van der Waals surface area contributed by atoms with Crippen molar-refractivity contribution >= 4 is 12.2 Å². The van der Waals surface area contributed by atoms with Crippen LogP contribution in [0.15, 0.2) is 24.7 Å². The first-order valence-corrected chi connectivity index (χ1v) is 2.57. The van der Waals surface area contributed by atoms with Gasteiger partial charge in [-0.2, -0.15) is 0 Å². The zero-order valence-electron chi connectivity index (χ0n) is 4.11. The summed E-state index contributed by atoms with van der Waals surface area (Å²) in [4.78, 5) is 7.57. The molecule has 0 aliphatic rings. The minimum absolute atomic E-state index is 0.572. The molecular formula is C5H4N2S. The number of nitrogens with zero attached hydrogens (tertiary/aromatic N) is 2. The van der Waals surface area contributed by atoms with Crippen LogP contribution in [0.2, 0.25) is 0 Å². The van der Waals surface area contributed by atoms with Gasteiger partial charge in [0, 0.05) is 18.6 Å². The number of hydrogen-bond acceptors (Lipinski definition) is 3. The molecule has 0 saturated carbocycles. The molecule has 0 aliphatic carbocycles. The van der Waals surface area contributed by atoms with E-state index in [4.69, 9.17) is 12.2 Å². The van der Waals surface area contributed by atoms with Crippen LogP contribution in [0.5, 0.6) is 0 Å². The highest BCUT2D eigenvalue weighted by molar-refractivity contribution is 7.71. The first kappa shape index (κ1) is 5.31. The molecule has 2 nitrogen and oxygen atoms in total. The minimum Gasteiger partial charge on any atom is -0.263 e. The summed E-state index contributed by atoms with van der Waals surface area (Å²) in [7, 11) is 0.